The normalized spacial score (nSPS) is 14.7. The quantitative estimate of drug-likeness (QED) is 0.765. The number of imide groups is 1. The molecular formula is C18H22FN5O2S. The summed E-state index contributed by atoms with van der Waals surface area (Å²) in [6, 6.07) is 5.98. The predicted octanol–water partition coefficient (Wildman–Crippen LogP) is 2.87. The van der Waals surface area contributed by atoms with Crippen molar-refractivity contribution in [1.29, 1.82) is 0 Å². The van der Waals surface area contributed by atoms with E-state index in [0.717, 1.165) is 37.4 Å². The first kappa shape index (κ1) is 19.3. The molecule has 1 aromatic heterocycles. The van der Waals surface area contributed by atoms with E-state index in [9.17, 15) is 14.0 Å². The maximum absolute atomic E-state index is 13.9. The Hall–Kier alpha value is -2.42. The largest absolute Gasteiger partial charge is 0.335 e. The van der Waals surface area contributed by atoms with Crippen molar-refractivity contribution < 1.29 is 14.0 Å². The first-order valence-electron chi connectivity index (χ1n) is 8.92. The van der Waals surface area contributed by atoms with Gasteiger partial charge >= 0.3 is 6.03 Å². The van der Waals surface area contributed by atoms with E-state index in [0.29, 0.717) is 16.5 Å². The summed E-state index contributed by atoms with van der Waals surface area (Å²) in [4.78, 5) is 23.9. The van der Waals surface area contributed by atoms with Gasteiger partial charge in [-0.1, -0.05) is 43.2 Å². The van der Waals surface area contributed by atoms with Crippen LogP contribution in [0.2, 0.25) is 0 Å². The molecule has 1 aliphatic carbocycles. The minimum Gasteiger partial charge on any atom is -0.335 e. The van der Waals surface area contributed by atoms with Crippen LogP contribution in [0, 0.1) is 5.82 Å². The highest BCUT2D eigenvalue weighted by atomic mass is 32.2. The van der Waals surface area contributed by atoms with E-state index in [1.807, 2.05) is 0 Å². The molecule has 1 saturated carbocycles. The average Bonchev–Trinajstić information content (AvgIpc) is 3.01. The lowest BCUT2D eigenvalue weighted by atomic mass is 9.96. The number of aromatic nitrogens is 3. The van der Waals surface area contributed by atoms with Crippen LogP contribution in [-0.4, -0.2) is 38.5 Å². The number of halogens is 1. The van der Waals surface area contributed by atoms with Crippen molar-refractivity contribution in [2.45, 2.75) is 43.3 Å². The van der Waals surface area contributed by atoms with E-state index in [1.165, 1.54) is 12.5 Å². The Balaban J connectivity index is 1.52. The minimum absolute atomic E-state index is 0.0152. The number of nitrogens with one attached hydrogen (secondary N) is 2. The number of urea groups is 1. The van der Waals surface area contributed by atoms with Crippen LogP contribution in [0.25, 0.3) is 11.4 Å². The SMILES string of the molecule is Cn1c(SCC(=O)NC(=O)NC2CCCCC2)nnc1-c1ccccc1F. The summed E-state index contributed by atoms with van der Waals surface area (Å²) in [5, 5.41) is 13.7. The summed E-state index contributed by atoms with van der Waals surface area (Å²) in [5.41, 5.74) is 0.343. The standard InChI is InChI=1S/C18H22FN5O2S/c1-24-16(13-9-5-6-10-14(13)19)22-23-18(24)27-11-15(25)21-17(26)20-12-7-3-2-4-8-12/h5-6,9-10,12H,2-4,7-8,11H2,1H3,(H2,20,21,25,26). The van der Waals surface area contributed by atoms with Gasteiger partial charge in [0.25, 0.3) is 0 Å². The molecule has 1 aliphatic rings. The molecular weight excluding hydrogens is 369 g/mol. The Morgan fingerprint density at radius 1 is 1.22 bits per heavy atom. The molecule has 3 rings (SSSR count). The number of hydrogen-bond acceptors (Lipinski definition) is 5. The van der Waals surface area contributed by atoms with Crippen molar-refractivity contribution in [3.8, 4) is 11.4 Å². The Labute approximate surface area is 161 Å². The van der Waals surface area contributed by atoms with Gasteiger partial charge in [-0.15, -0.1) is 10.2 Å². The van der Waals surface area contributed by atoms with Gasteiger partial charge in [0.15, 0.2) is 11.0 Å². The lowest BCUT2D eigenvalue weighted by molar-refractivity contribution is -0.117. The summed E-state index contributed by atoms with van der Waals surface area (Å²) in [5.74, 6) is -0.405. The summed E-state index contributed by atoms with van der Waals surface area (Å²) in [6.45, 7) is 0. The summed E-state index contributed by atoms with van der Waals surface area (Å²) < 4.78 is 15.5. The number of thioether (sulfide) groups is 1. The van der Waals surface area contributed by atoms with Gasteiger partial charge < -0.3 is 9.88 Å². The van der Waals surface area contributed by atoms with Crippen LogP contribution in [0.1, 0.15) is 32.1 Å². The second-order valence-corrected chi connectivity index (χ2v) is 7.43. The third-order valence-corrected chi connectivity index (χ3v) is 5.50. The Morgan fingerprint density at radius 2 is 1.96 bits per heavy atom. The third-order valence-electron chi connectivity index (χ3n) is 4.48. The first-order valence-corrected chi connectivity index (χ1v) is 9.90. The van der Waals surface area contributed by atoms with E-state index in [2.05, 4.69) is 20.8 Å². The fourth-order valence-electron chi connectivity index (χ4n) is 3.08. The van der Waals surface area contributed by atoms with Crippen LogP contribution >= 0.6 is 11.8 Å². The van der Waals surface area contributed by atoms with Crippen molar-refractivity contribution in [2.75, 3.05) is 5.75 Å². The van der Waals surface area contributed by atoms with Crippen LogP contribution in [0.15, 0.2) is 29.4 Å². The molecule has 0 atom stereocenters. The molecule has 144 valence electrons. The minimum atomic E-state index is -0.461. The van der Waals surface area contributed by atoms with E-state index < -0.39 is 11.9 Å². The van der Waals surface area contributed by atoms with Crippen LogP contribution < -0.4 is 10.6 Å². The van der Waals surface area contributed by atoms with Gasteiger partial charge in [-0.25, -0.2) is 9.18 Å². The lowest BCUT2D eigenvalue weighted by Gasteiger charge is -2.22. The molecule has 7 nitrogen and oxygen atoms in total. The predicted molar refractivity (Wildman–Crippen MR) is 101 cm³/mol. The molecule has 3 amide bonds. The van der Waals surface area contributed by atoms with Gasteiger partial charge in [-0.2, -0.15) is 0 Å². The van der Waals surface area contributed by atoms with Crippen LogP contribution in [0.5, 0.6) is 0 Å². The second kappa shape index (κ2) is 8.98. The fourth-order valence-corrected chi connectivity index (χ4v) is 3.79. The fraction of sp³-hybridized carbons (Fsp3) is 0.444. The number of rotatable bonds is 5. The summed E-state index contributed by atoms with van der Waals surface area (Å²) in [7, 11) is 1.71. The Bertz CT molecular complexity index is 820. The smallest absolute Gasteiger partial charge is 0.321 e. The molecule has 0 aliphatic heterocycles. The van der Waals surface area contributed by atoms with E-state index in [4.69, 9.17) is 0 Å². The molecule has 0 radical (unpaired) electrons. The molecule has 0 spiro atoms. The maximum atomic E-state index is 13.9. The highest BCUT2D eigenvalue weighted by Crippen LogP contribution is 2.24. The Kier molecular flexibility index (Phi) is 6.44. The summed E-state index contributed by atoms with van der Waals surface area (Å²) >= 11 is 1.14. The molecule has 2 aromatic rings. The number of hydrogen-bond donors (Lipinski definition) is 2. The van der Waals surface area contributed by atoms with Gasteiger partial charge in [-0.3, -0.25) is 10.1 Å². The number of amides is 3. The highest BCUT2D eigenvalue weighted by molar-refractivity contribution is 7.99. The number of nitrogens with zero attached hydrogens (tertiary/aromatic N) is 3. The zero-order chi connectivity index (χ0) is 19.2. The van der Waals surface area contributed by atoms with Gasteiger partial charge in [0.2, 0.25) is 5.91 Å². The van der Waals surface area contributed by atoms with Crippen LogP contribution in [0.3, 0.4) is 0 Å². The maximum Gasteiger partial charge on any atom is 0.321 e. The van der Waals surface area contributed by atoms with Gasteiger partial charge in [0.05, 0.1) is 11.3 Å². The second-order valence-electron chi connectivity index (χ2n) is 6.49. The third kappa shape index (κ3) is 5.06. The average molecular weight is 391 g/mol. The van der Waals surface area contributed by atoms with Crippen molar-refractivity contribution in [2.24, 2.45) is 7.05 Å². The zero-order valence-electron chi connectivity index (χ0n) is 15.1. The molecule has 0 saturated heterocycles. The van der Waals surface area contributed by atoms with Gasteiger partial charge in [0, 0.05) is 13.1 Å². The van der Waals surface area contributed by atoms with Crippen LogP contribution in [-0.2, 0) is 11.8 Å². The number of carbonyl (C=O) groups excluding carboxylic acids is 2. The van der Waals surface area contributed by atoms with Crippen molar-refractivity contribution in [3.05, 3.63) is 30.1 Å². The van der Waals surface area contributed by atoms with Crippen molar-refractivity contribution in [3.63, 3.8) is 0 Å². The van der Waals surface area contributed by atoms with Gasteiger partial charge in [0.1, 0.15) is 5.82 Å². The van der Waals surface area contributed by atoms with Crippen LogP contribution in [0.4, 0.5) is 9.18 Å². The van der Waals surface area contributed by atoms with E-state index in [1.54, 1.807) is 29.8 Å². The van der Waals surface area contributed by atoms with Gasteiger partial charge in [-0.05, 0) is 25.0 Å². The topological polar surface area (TPSA) is 88.9 Å². The van der Waals surface area contributed by atoms with Crippen molar-refractivity contribution in [1.82, 2.24) is 25.4 Å². The first-order chi connectivity index (χ1) is 13.0. The molecule has 9 heteroatoms. The molecule has 1 fully saturated rings. The molecule has 1 aromatic carbocycles. The van der Waals surface area contributed by atoms with Crippen molar-refractivity contribution >= 4 is 23.7 Å². The van der Waals surface area contributed by atoms with E-state index >= 15 is 0 Å². The molecule has 1 heterocycles. The Morgan fingerprint density at radius 3 is 2.70 bits per heavy atom. The number of carbonyl (C=O) groups is 2. The lowest BCUT2D eigenvalue weighted by Crippen LogP contribution is -2.45. The molecule has 0 unspecified atom stereocenters. The summed E-state index contributed by atoms with van der Waals surface area (Å²) in [6.07, 6.45) is 5.31. The zero-order valence-corrected chi connectivity index (χ0v) is 15.9. The number of benzene rings is 1. The molecule has 2 N–H and O–H groups in total. The highest BCUT2D eigenvalue weighted by Gasteiger charge is 2.18. The monoisotopic (exact) mass is 391 g/mol. The van der Waals surface area contributed by atoms with E-state index in [-0.39, 0.29) is 17.6 Å². The molecule has 0 bridgehead atoms. The molecule has 27 heavy (non-hydrogen) atoms.